The van der Waals surface area contributed by atoms with Crippen LogP contribution < -0.4 is 10.6 Å². The highest BCUT2D eigenvalue weighted by Crippen LogP contribution is 2.23. The Morgan fingerprint density at radius 1 is 1.25 bits per heavy atom. The molecular formula is C20H32ClN3O3S. The van der Waals surface area contributed by atoms with E-state index in [0.29, 0.717) is 42.8 Å². The molecule has 2 aliphatic heterocycles. The SMILES string of the molecule is CC1CCCN(S(=O)(=O)c2ccc(CNC(=O)CCC3CCNC3)cc2)C1.Cl. The van der Waals surface area contributed by atoms with Gasteiger partial charge in [0.05, 0.1) is 4.90 Å². The summed E-state index contributed by atoms with van der Waals surface area (Å²) < 4.78 is 27.1. The van der Waals surface area contributed by atoms with Crippen LogP contribution >= 0.6 is 12.4 Å². The zero-order valence-electron chi connectivity index (χ0n) is 16.5. The molecule has 2 aliphatic rings. The molecule has 2 unspecified atom stereocenters. The van der Waals surface area contributed by atoms with Gasteiger partial charge in [-0.2, -0.15) is 4.31 Å². The highest BCUT2D eigenvalue weighted by Gasteiger charge is 2.28. The number of hydrogen-bond acceptors (Lipinski definition) is 4. The molecule has 2 heterocycles. The van der Waals surface area contributed by atoms with Crippen molar-refractivity contribution < 1.29 is 13.2 Å². The number of amides is 1. The lowest BCUT2D eigenvalue weighted by Gasteiger charge is -2.30. The second-order valence-corrected chi connectivity index (χ2v) is 9.87. The van der Waals surface area contributed by atoms with Crippen molar-refractivity contribution in [3.63, 3.8) is 0 Å². The lowest BCUT2D eigenvalue weighted by atomic mass is 10.0. The number of hydrogen-bond donors (Lipinski definition) is 2. The molecule has 1 aromatic carbocycles. The molecule has 0 bridgehead atoms. The molecule has 28 heavy (non-hydrogen) atoms. The van der Waals surface area contributed by atoms with Crippen LogP contribution in [0.1, 0.15) is 44.6 Å². The van der Waals surface area contributed by atoms with Gasteiger partial charge >= 0.3 is 0 Å². The van der Waals surface area contributed by atoms with E-state index in [1.807, 2.05) is 0 Å². The van der Waals surface area contributed by atoms with E-state index in [4.69, 9.17) is 0 Å². The Kier molecular flexibility index (Phi) is 8.74. The lowest BCUT2D eigenvalue weighted by Crippen LogP contribution is -2.39. The Labute approximate surface area is 174 Å². The van der Waals surface area contributed by atoms with Crippen molar-refractivity contribution in [2.75, 3.05) is 26.2 Å². The fraction of sp³-hybridized carbons (Fsp3) is 0.650. The van der Waals surface area contributed by atoms with Gasteiger partial charge in [-0.25, -0.2) is 8.42 Å². The fourth-order valence-corrected chi connectivity index (χ4v) is 5.48. The summed E-state index contributed by atoms with van der Waals surface area (Å²) in [7, 11) is -3.42. The first-order valence-corrected chi connectivity index (χ1v) is 11.5. The van der Waals surface area contributed by atoms with E-state index >= 15 is 0 Å². The van der Waals surface area contributed by atoms with Crippen LogP contribution in [-0.2, 0) is 21.4 Å². The van der Waals surface area contributed by atoms with Crippen LogP contribution in [0, 0.1) is 11.8 Å². The Morgan fingerprint density at radius 3 is 2.64 bits per heavy atom. The van der Waals surface area contributed by atoms with Crippen LogP contribution in [-0.4, -0.2) is 44.8 Å². The topological polar surface area (TPSA) is 78.5 Å². The monoisotopic (exact) mass is 429 g/mol. The number of nitrogens with one attached hydrogen (secondary N) is 2. The number of sulfonamides is 1. The van der Waals surface area contributed by atoms with Crippen molar-refractivity contribution >= 4 is 28.3 Å². The molecule has 2 fully saturated rings. The third kappa shape index (κ3) is 6.17. The zero-order chi connectivity index (χ0) is 19.3. The molecule has 2 atom stereocenters. The first-order valence-electron chi connectivity index (χ1n) is 10.0. The molecule has 0 radical (unpaired) electrons. The van der Waals surface area contributed by atoms with Gasteiger partial charge in [0.15, 0.2) is 0 Å². The highest BCUT2D eigenvalue weighted by atomic mass is 35.5. The summed E-state index contributed by atoms with van der Waals surface area (Å²) in [6.07, 6.45) is 4.62. The second kappa shape index (κ2) is 10.6. The molecule has 0 saturated carbocycles. The minimum Gasteiger partial charge on any atom is -0.352 e. The molecular weight excluding hydrogens is 398 g/mol. The van der Waals surface area contributed by atoms with Crippen molar-refractivity contribution in [1.82, 2.24) is 14.9 Å². The molecule has 2 saturated heterocycles. The van der Waals surface area contributed by atoms with Crippen LogP contribution in [0.5, 0.6) is 0 Å². The van der Waals surface area contributed by atoms with Gasteiger partial charge in [0.2, 0.25) is 15.9 Å². The highest BCUT2D eigenvalue weighted by molar-refractivity contribution is 7.89. The second-order valence-electron chi connectivity index (χ2n) is 7.93. The standard InChI is InChI=1S/C20H31N3O3S.ClH/c1-16-3-2-12-23(15-16)27(25,26)19-7-4-17(5-8-19)14-22-20(24)9-6-18-10-11-21-13-18;/h4-5,7-8,16,18,21H,2-3,6,9-15H2,1H3,(H,22,24);1H. The number of nitrogens with zero attached hydrogens (tertiary/aromatic N) is 1. The van der Waals surface area contributed by atoms with Crippen LogP contribution in [0.15, 0.2) is 29.2 Å². The van der Waals surface area contributed by atoms with E-state index in [1.165, 1.54) is 0 Å². The number of piperidine rings is 1. The Morgan fingerprint density at radius 2 is 2.00 bits per heavy atom. The number of benzene rings is 1. The molecule has 0 aromatic heterocycles. The molecule has 8 heteroatoms. The van der Waals surface area contributed by atoms with Gasteiger partial charge in [-0.15, -0.1) is 12.4 Å². The van der Waals surface area contributed by atoms with Crippen molar-refractivity contribution in [3.05, 3.63) is 29.8 Å². The first kappa shape index (κ1) is 23.1. The van der Waals surface area contributed by atoms with Crippen LogP contribution in [0.3, 0.4) is 0 Å². The molecule has 0 aliphatic carbocycles. The van der Waals surface area contributed by atoms with Gasteiger partial charge in [0, 0.05) is 26.1 Å². The number of carbonyl (C=O) groups is 1. The van der Waals surface area contributed by atoms with Crippen molar-refractivity contribution in [3.8, 4) is 0 Å². The van der Waals surface area contributed by atoms with E-state index in [-0.39, 0.29) is 18.3 Å². The van der Waals surface area contributed by atoms with Gasteiger partial charge in [-0.05, 0) is 68.3 Å². The smallest absolute Gasteiger partial charge is 0.243 e. The van der Waals surface area contributed by atoms with Gasteiger partial charge in [0.1, 0.15) is 0 Å². The molecule has 158 valence electrons. The lowest BCUT2D eigenvalue weighted by molar-refractivity contribution is -0.121. The average Bonchev–Trinajstić information content (AvgIpc) is 3.19. The molecule has 0 spiro atoms. The summed E-state index contributed by atoms with van der Waals surface area (Å²) in [6.45, 7) is 5.79. The zero-order valence-corrected chi connectivity index (χ0v) is 18.2. The number of rotatable bonds is 7. The first-order chi connectivity index (χ1) is 12.9. The van der Waals surface area contributed by atoms with E-state index in [0.717, 1.165) is 44.3 Å². The summed E-state index contributed by atoms with van der Waals surface area (Å²) in [5, 5.41) is 6.24. The quantitative estimate of drug-likeness (QED) is 0.698. The van der Waals surface area contributed by atoms with Crippen LogP contribution in [0.4, 0.5) is 0 Å². The maximum atomic E-state index is 12.8. The third-order valence-electron chi connectivity index (χ3n) is 5.61. The van der Waals surface area contributed by atoms with E-state index < -0.39 is 10.0 Å². The van der Waals surface area contributed by atoms with Crippen molar-refractivity contribution in [1.29, 1.82) is 0 Å². The summed E-state index contributed by atoms with van der Waals surface area (Å²) in [6, 6.07) is 6.89. The van der Waals surface area contributed by atoms with E-state index in [2.05, 4.69) is 17.6 Å². The predicted octanol–water partition coefficient (Wildman–Crippen LogP) is 2.53. The molecule has 6 nitrogen and oxygen atoms in total. The number of carbonyl (C=O) groups excluding carboxylic acids is 1. The molecule has 1 aromatic rings. The Hall–Kier alpha value is -1.15. The maximum Gasteiger partial charge on any atom is 0.243 e. The summed E-state index contributed by atoms with van der Waals surface area (Å²) in [5.74, 6) is 1.07. The van der Waals surface area contributed by atoms with Gasteiger partial charge in [-0.3, -0.25) is 4.79 Å². The van der Waals surface area contributed by atoms with Gasteiger partial charge in [-0.1, -0.05) is 19.1 Å². The predicted molar refractivity (Wildman–Crippen MR) is 113 cm³/mol. The normalized spacial score (nSPS) is 23.2. The largest absolute Gasteiger partial charge is 0.352 e. The third-order valence-corrected chi connectivity index (χ3v) is 7.49. The number of halogens is 1. The maximum absolute atomic E-state index is 12.8. The van der Waals surface area contributed by atoms with Crippen LogP contribution in [0.2, 0.25) is 0 Å². The van der Waals surface area contributed by atoms with E-state index in [9.17, 15) is 13.2 Å². The molecule has 3 rings (SSSR count). The average molecular weight is 430 g/mol. The van der Waals surface area contributed by atoms with Gasteiger partial charge < -0.3 is 10.6 Å². The van der Waals surface area contributed by atoms with Crippen molar-refractivity contribution in [2.45, 2.75) is 50.5 Å². The molecule has 2 N–H and O–H groups in total. The van der Waals surface area contributed by atoms with E-state index in [1.54, 1.807) is 28.6 Å². The van der Waals surface area contributed by atoms with Crippen molar-refractivity contribution in [2.24, 2.45) is 11.8 Å². The minimum atomic E-state index is -3.42. The fourth-order valence-electron chi connectivity index (χ4n) is 3.88. The van der Waals surface area contributed by atoms with Gasteiger partial charge in [0.25, 0.3) is 0 Å². The Bertz CT molecular complexity index is 734. The summed E-state index contributed by atoms with van der Waals surface area (Å²) in [4.78, 5) is 12.3. The van der Waals surface area contributed by atoms with Crippen LogP contribution in [0.25, 0.3) is 0 Å². The molecule has 1 amide bonds. The minimum absolute atomic E-state index is 0. The Balaban J connectivity index is 0.00000280. The summed E-state index contributed by atoms with van der Waals surface area (Å²) >= 11 is 0. The summed E-state index contributed by atoms with van der Waals surface area (Å²) in [5.41, 5.74) is 0.914.